The van der Waals surface area contributed by atoms with Crippen molar-refractivity contribution in [2.75, 3.05) is 12.3 Å². The molecule has 3 N–H and O–H groups in total. The number of aromatic nitrogens is 3. The Bertz CT molecular complexity index is 1490. The zero-order chi connectivity index (χ0) is 28.5. The van der Waals surface area contributed by atoms with Crippen LogP contribution in [0.15, 0.2) is 47.6 Å². The highest BCUT2D eigenvalue weighted by Crippen LogP contribution is 2.51. The number of nitrogens with two attached hydrogens (primary N) is 1. The quantitative estimate of drug-likeness (QED) is 0.398. The van der Waals surface area contributed by atoms with Crippen LogP contribution in [0.4, 0.5) is 10.2 Å². The summed E-state index contributed by atoms with van der Waals surface area (Å²) in [5.41, 5.74) is 6.25. The number of hydrogen-bond acceptors (Lipinski definition) is 8. The molecule has 2 atom stereocenters. The molecule has 0 aliphatic heterocycles. The first-order valence-corrected chi connectivity index (χ1v) is 14.3. The van der Waals surface area contributed by atoms with E-state index in [-0.39, 0.29) is 39.5 Å². The monoisotopic (exact) mass is 555 g/mol. The average Bonchev–Trinajstić information content (AvgIpc) is 3.13. The van der Waals surface area contributed by atoms with Crippen LogP contribution in [0.2, 0.25) is 0 Å². The summed E-state index contributed by atoms with van der Waals surface area (Å²) in [6, 6.07) is 8.39. The fourth-order valence-corrected chi connectivity index (χ4v) is 6.09. The standard InChI is InChI=1S/C28H34FN5O4S/c1-16(2)15-38-20-11-18(10-19(29)12-20)26-31-14-21(25(33-26)22-9-17(3)13-28(22,4)5)27(35)34-39(36,37)24-8-6-7-23(30)32-24/h6-8,10-12,14,16-17,22H,9,13,15H2,1-5H3,(H2,30,32)(H,34,35)/t17-,22?/m1/s1. The van der Waals surface area contributed by atoms with E-state index >= 15 is 0 Å². The lowest BCUT2D eigenvalue weighted by molar-refractivity contribution is 0.0978. The number of carbonyl (C=O) groups excluding carboxylic acids is 1. The van der Waals surface area contributed by atoms with E-state index in [4.69, 9.17) is 15.5 Å². The van der Waals surface area contributed by atoms with Crippen molar-refractivity contribution in [3.05, 3.63) is 59.7 Å². The van der Waals surface area contributed by atoms with E-state index in [1.54, 1.807) is 6.07 Å². The Labute approximate surface area is 228 Å². The van der Waals surface area contributed by atoms with Crippen molar-refractivity contribution in [3.63, 3.8) is 0 Å². The highest BCUT2D eigenvalue weighted by molar-refractivity contribution is 7.90. The van der Waals surface area contributed by atoms with Gasteiger partial charge in [-0.1, -0.05) is 40.7 Å². The molecule has 1 aliphatic rings. The number of rotatable bonds is 8. The molecule has 1 aliphatic carbocycles. The van der Waals surface area contributed by atoms with Crippen molar-refractivity contribution in [1.82, 2.24) is 19.7 Å². The molecule has 1 unspecified atom stereocenters. The molecule has 0 saturated heterocycles. The molecule has 2 aromatic heterocycles. The van der Waals surface area contributed by atoms with E-state index in [0.29, 0.717) is 29.5 Å². The Morgan fingerprint density at radius 2 is 1.97 bits per heavy atom. The van der Waals surface area contributed by atoms with Crippen LogP contribution >= 0.6 is 0 Å². The smallest absolute Gasteiger partial charge is 0.281 e. The second-order valence-electron chi connectivity index (χ2n) is 11.3. The number of ether oxygens (including phenoxy) is 1. The molecule has 1 aromatic carbocycles. The van der Waals surface area contributed by atoms with E-state index < -0.39 is 21.7 Å². The third-order valence-electron chi connectivity index (χ3n) is 6.81. The molecule has 3 aromatic rings. The summed E-state index contributed by atoms with van der Waals surface area (Å²) < 4.78 is 48.1. The third-order valence-corrected chi connectivity index (χ3v) is 8.04. The molecule has 2 heterocycles. The van der Waals surface area contributed by atoms with Gasteiger partial charge in [0.05, 0.1) is 17.9 Å². The number of sulfonamides is 1. The minimum Gasteiger partial charge on any atom is -0.493 e. The van der Waals surface area contributed by atoms with Crippen LogP contribution in [0, 0.1) is 23.1 Å². The van der Waals surface area contributed by atoms with Crippen LogP contribution in [0.25, 0.3) is 11.4 Å². The second kappa shape index (κ2) is 10.9. The van der Waals surface area contributed by atoms with Crippen LogP contribution in [0.5, 0.6) is 5.75 Å². The maximum absolute atomic E-state index is 14.5. The van der Waals surface area contributed by atoms with Crippen LogP contribution in [-0.4, -0.2) is 35.9 Å². The fraction of sp³-hybridized carbons (Fsp3) is 0.429. The molecule has 0 spiro atoms. The van der Waals surface area contributed by atoms with Crippen molar-refractivity contribution in [1.29, 1.82) is 0 Å². The van der Waals surface area contributed by atoms with Gasteiger partial charge >= 0.3 is 0 Å². The summed E-state index contributed by atoms with van der Waals surface area (Å²) in [5.74, 6) is -0.356. The van der Waals surface area contributed by atoms with E-state index in [0.717, 1.165) is 12.8 Å². The molecule has 1 amide bonds. The maximum atomic E-state index is 14.5. The first-order valence-electron chi connectivity index (χ1n) is 12.9. The highest BCUT2D eigenvalue weighted by atomic mass is 32.2. The molecule has 9 nitrogen and oxygen atoms in total. The minimum absolute atomic E-state index is 0.00669. The predicted octanol–water partition coefficient (Wildman–Crippen LogP) is 4.95. The number of carbonyl (C=O) groups is 1. The van der Waals surface area contributed by atoms with Crippen LogP contribution < -0.4 is 15.2 Å². The molecular weight excluding hydrogens is 521 g/mol. The molecule has 39 heavy (non-hydrogen) atoms. The average molecular weight is 556 g/mol. The molecule has 0 radical (unpaired) electrons. The van der Waals surface area contributed by atoms with Gasteiger partial charge in [-0.25, -0.2) is 24.1 Å². The van der Waals surface area contributed by atoms with E-state index in [1.165, 1.54) is 36.5 Å². The minimum atomic E-state index is -4.31. The first kappa shape index (κ1) is 28.4. The summed E-state index contributed by atoms with van der Waals surface area (Å²) in [4.78, 5) is 26.3. The lowest BCUT2D eigenvalue weighted by Crippen LogP contribution is -2.33. The Kier molecular flexibility index (Phi) is 7.92. The summed E-state index contributed by atoms with van der Waals surface area (Å²) in [7, 11) is -4.31. The largest absolute Gasteiger partial charge is 0.493 e. The Morgan fingerprint density at radius 3 is 2.62 bits per heavy atom. The van der Waals surface area contributed by atoms with Crippen LogP contribution in [0.1, 0.15) is 69.4 Å². The molecule has 11 heteroatoms. The van der Waals surface area contributed by atoms with E-state index in [1.807, 2.05) is 13.8 Å². The second-order valence-corrected chi connectivity index (χ2v) is 12.9. The number of benzene rings is 1. The number of nitrogens with zero attached hydrogens (tertiary/aromatic N) is 3. The van der Waals surface area contributed by atoms with Crippen LogP contribution in [-0.2, 0) is 10.0 Å². The van der Waals surface area contributed by atoms with Crippen LogP contribution in [0.3, 0.4) is 0 Å². The normalized spacial score (nSPS) is 18.7. The number of anilines is 1. The zero-order valence-corrected chi connectivity index (χ0v) is 23.5. The van der Waals surface area contributed by atoms with Gasteiger partial charge in [0.2, 0.25) is 0 Å². The Hall–Kier alpha value is -3.60. The lowest BCUT2D eigenvalue weighted by Gasteiger charge is -2.28. The third kappa shape index (κ3) is 6.52. The lowest BCUT2D eigenvalue weighted by atomic mass is 9.78. The van der Waals surface area contributed by atoms with Crippen molar-refractivity contribution in [3.8, 4) is 17.1 Å². The summed E-state index contributed by atoms with van der Waals surface area (Å²) in [6.45, 7) is 10.7. The van der Waals surface area contributed by atoms with Crippen molar-refractivity contribution < 1.29 is 22.3 Å². The van der Waals surface area contributed by atoms with Gasteiger partial charge in [-0.2, -0.15) is 8.42 Å². The van der Waals surface area contributed by atoms with Gasteiger partial charge in [0.1, 0.15) is 17.4 Å². The van der Waals surface area contributed by atoms with Gasteiger partial charge in [-0.3, -0.25) is 4.79 Å². The number of nitrogens with one attached hydrogen (secondary N) is 1. The predicted molar refractivity (Wildman–Crippen MR) is 146 cm³/mol. The van der Waals surface area contributed by atoms with Gasteiger partial charge < -0.3 is 10.5 Å². The van der Waals surface area contributed by atoms with Crippen molar-refractivity contribution in [2.24, 2.45) is 17.3 Å². The van der Waals surface area contributed by atoms with Gasteiger partial charge in [0.15, 0.2) is 10.9 Å². The maximum Gasteiger partial charge on any atom is 0.281 e. The number of halogens is 1. The molecule has 1 saturated carbocycles. The molecule has 208 valence electrons. The number of pyridine rings is 1. The molecule has 1 fully saturated rings. The summed E-state index contributed by atoms with van der Waals surface area (Å²) in [5, 5.41) is -0.376. The van der Waals surface area contributed by atoms with Crippen molar-refractivity contribution in [2.45, 2.75) is 58.4 Å². The fourth-order valence-electron chi connectivity index (χ4n) is 5.15. The molecule has 4 rings (SSSR count). The first-order chi connectivity index (χ1) is 18.2. The topological polar surface area (TPSA) is 137 Å². The van der Waals surface area contributed by atoms with Crippen molar-refractivity contribution >= 4 is 21.7 Å². The molecular formula is C28H34FN5O4S. The highest BCUT2D eigenvalue weighted by Gasteiger charge is 2.42. The van der Waals surface area contributed by atoms with Gasteiger partial charge in [0.25, 0.3) is 15.9 Å². The van der Waals surface area contributed by atoms with E-state index in [9.17, 15) is 17.6 Å². The van der Waals surface area contributed by atoms with Gasteiger partial charge in [-0.15, -0.1) is 0 Å². The Balaban J connectivity index is 1.76. The summed E-state index contributed by atoms with van der Waals surface area (Å²) in [6.07, 6.45) is 2.95. The Morgan fingerprint density at radius 1 is 1.23 bits per heavy atom. The number of amides is 1. The number of hydrogen-bond donors (Lipinski definition) is 2. The van der Waals surface area contributed by atoms with E-state index in [2.05, 4.69) is 35.5 Å². The zero-order valence-electron chi connectivity index (χ0n) is 22.7. The number of nitrogen functional groups attached to an aromatic ring is 1. The molecule has 0 bridgehead atoms. The SMILES string of the molecule is CC(C)COc1cc(F)cc(-c2ncc(C(=O)NS(=O)(=O)c3cccc(N)n3)c(C3C[C@@H](C)CC3(C)C)n2)c1. The summed E-state index contributed by atoms with van der Waals surface area (Å²) >= 11 is 0. The van der Waals surface area contributed by atoms with Gasteiger partial charge in [-0.05, 0) is 54.4 Å². The van der Waals surface area contributed by atoms with Gasteiger partial charge in [0, 0.05) is 23.7 Å².